The maximum absolute atomic E-state index is 13.0. The highest BCUT2D eigenvalue weighted by molar-refractivity contribution is 6.13. The quantitative estimate of drug-likeness (QED) is 0.123. The van der Waals surface area contributed by atoms with Gasteiger partial charge in [-0.3, -0.25) is 9.59 Å². The monoisotopic (exact) mass is 571 g/mol. The number of benzene rings is 4. The summed E-state index contributed by atoms with van der Waals surface area (Å²) < 4.78 is 12.6. The van der Waals surface area contributed by atoms with Gasteiger partial charge in [0.15, 0.2) is 24.8 Å². The Balaban J connectivity index is 1.34. The van der Waals surface area contributed by atoms with E-state index in [-0.39, 0.29) is 11.6 Å². The summed E-state index contributed by atoms with van der Waals surface area (Å²) in [6, 6.07) is 24.1. The second-order valence-electron chi connectivity index (χ2n) is 9.86. The Kier molecular flexibility index (Phi) is 8.44. The van der Waals surface area contributed by atoms with E-state index in [0.29, 0.717) is 28.8 Å². The molecule has 4 aromatic carbocycles. The van der Waals surface area contributed by atoms with Crippen molar-refractivity contribution in [2.24, 2.45) is 0 Å². The molecule has 0 atom stereocenters. The number of nitrogens with zero attached hydrogens (tertiary/aromatic N) is 1. The Morgan fingerprint density at radius 2 is 0.977 bits per heavy atom. The van der Waals surface area contributed by atoms with Crippen molar-refractivity contribution in [2.75, 3.05) is 13.2 Å². The minimum atomic E-state index is -0.592. The number of Topliss-reactive ketones (excluding diaryl/α,β-unsaturated/α-hetero) is 2. The third-order valence-corrected chi connectivity index (χ3v) is 7.26. The first-order valence-electron chi connectivity index (χ1n) is 13.7. The van der Waals surface area contributed by atoms with Gasteiger partial charge >= 0.3 is 11.9 Å². The molecule has 0 bridgehead atoms. The number of ketones is 2. The molecule has 0 spiro atoms. The molecular formula is C36H29NO6. The predicted molar refractivity (Wildman–Crippen MR) is 167 cm³/mol. The largest absolute Gasteiger partial charge is 0.454 e. The molecule has 5 rings (SSSR count). The van der Waals surface area contributed by atoms with E-state index in [1.54, 1.807) is 84.9 Å². The average Bonchev–Trinajstić information content (AvgIpc) is 3.37. The van der Waals surface area contributed by atoms with E-state index in [1.807, 2.05) is 19.1 Å². The molecule has 0 saturated carbocycles. The highest BCUT2D eigenvalue weighted by Crippen LogP contribution is 2.31. The fourth-order valence-electron chi connectivity index (χ4n) is 4.90. The van der Waals surface area contributed by atoms with E-state index < -0.39 is 25.2 Å². The summed E-state index contributed by atoms with van der Waals surface area (Å²) in [5.74, 6) is -1.89. The molecule has 0 aliphatic carbocycles. The second-order valence-corrected chi connectivity index (χ2v) is 9.86. The first kappa shape index (κ1) is 29.0. The topological polar surface area (TPSA) is 91.7 Å². The second kappa shape index (κ2) is 12.5. The highest BCUT2D eigenvalue weighted by atomic mass is 16.5. The molecule has 5 aromatic rings. The molecule has 43 heavy (non-hydrogen) atoms. The van der Waals surface area contributed by atoms with Gasteiger partial charge in [-0.05, 0) is 78.7 Å². The van der Waals surface area contributed by atoms with Crippen molar-refractivity contribution in [3.05, 3.63) is 131 Å². The van der Waals surface area contributed by atoms with Crippen molar-refractivity contribution in [1.29, 1.82) is 0 Å². The van der Waals surface area contributed by atoms with Crippen molar-refractivity contribution in [1.82, 2.24) is 4.57 Å². The zero-order valence-electron chi connectivity index (χ0n) is 23.7. The Morgan fingerprint density at radius 3 is 1.33 bits per heavy atom. The van der Waals surface area contributed by atoms with Crippen molar-refractivity contribution < 1.29 is 28.7 Å². The number of carbonyl (C=O) groups is 4. The number of carbonyl (C=O) groups excluding carboxylic acids is 4. The van der Waals surface area contributed by atoms with Crippen LogP contribution in [0.2, 0.25) is 0 Å². The van der Waals surface area contributed by atoms with Gasteiger partial charge in [-0.15, -0.1) is 0 Å². The maximum Gasteiger partial charge on any atom is 0.338 e. The number of rotatable bonds is 11. The Labute approximate surface area is 248 Å². The molecule has 0 saturated heterocycles. The summed E-state index contributed by atoms with van der Waals surface area (Å²) in [6.45, 7) is 9.24. The van der Waals surface area contributed by atoms with E-state index >= 15 is 0 Å². The van der Waals surface area contributed by atoms with Gasteiger partial charge in [-0.1, -0.05) is 49.6 Å². The summed E-state index contributed by atoms with van der Waals surface area (Å²) in [7, 11) is 0. The van der Waals surface area contributed by atoms with Gasteiger partial charge in [-0.25, -0.2) is 9.59 Å². The molecule has 0 aliphatic rings. The van der Waals surface area contributed by atoms with Crippen LogP contribution in [0.15, 0.2) is 98.1 Å². The standard InChI is InChI=1S/C36H29NO6/c1-4-23-7-11-25(12-8-23)35(40)42-21-33(38)27-15-17-31-29(19-27)30-20-28(16-18-32(30)37(31)6-3)34(39)22-43-36(41)26-13-9-24(5-2)10-14-26/h4-5,7-20H,1-2,6,21-22H2,3H3. The highest BCUT2D eigenvalue weighted by Gasteiger charge is 2.18. The number of hydrogen-bond acceptors (Lipinski definition) is 6. The van der Waals surface area contributed by atoms with Crippen molar-refractivity contribution >= 4 is 57.5 Å². The number of esters is 2. The molecule has 0 unspecified atom stereocenters. The van der Waals surface area contributed by atoms with Gasteiger partial charge in [0.05, 0.1) is 11.1 Å². The lowest BCUT2D eigenvalue weighted by Crippen LogP contribution is -2.14. The van der Waals surface area contributed by atoms with E-state index in [1.165, 1.54) is 0 Å². The predicted octanol–water partition coefficient (Wildman–Crippen LogP) is 7.18. The Hall–Kier alpha value is -5.56. The summed E-state index contributed by atoms with van der Waals surface area (Å²) in [4.78, 5) is 50.9. The number of aryl methyl sites for hydroxylation is 1. The molecule has 0 amide bonds. The molecule has 0 fully saturated rings. The van der Waals surface area contributed by atoms with Crippen LogP contribution in [0, 0.1) is 0 Å². The normalized spacial score (nSPS) is 10.8. The first-order valence-corrected chi connectivity index (χ1v) is 13.7. The van der Waals surface area contributed by atoms with Crippen molar-refractivity contribution in [2.45, 2.75) is 13.5 Å². The zero-order valence-corrected chi connectivity index (χ0v) is 23.7. The lowest BCUT2D eigenvalue weighted by molar-refractivity contribution is 0.0472. The fraction of sp³-hybridized carbons (Fsp3) is 0.111. The zero-order chi connectivity index (χ0) is 30.5. The lowest BCUT2D eigenvalue weighted by atomic mass is 10.0. The van der Waals surface area contributed by atoms with Crippen LogP contribution in [-0.2, 0) is 16.0 Å². The number of hydrogen-bond donors (Lipinski definition) is 0. The smallest absolute Gasteiger partial charge is 0.338 e. The molecule has 0 N–H and O–H groups in total. The molecule has 214 valence electrons. The van der Waals surface area contributed by atoms with Crippen LogP contribution in [0.3, 0.4) is 0 Å². The van der Waals surface area contributed by atoms with E-state index in [9.17, 15) is 19.2 Å². The summed E-state index contributed by atoms with van der Waals surface area (Å²) >= 11 is 0. The van der Waals surface area contributed by atoms with E-state index in [4.69, 9.17) is 9.47 Å². The lowest BCUT2D eigenvalue weighted by Gasteiger charge is -2.06. The number of aromatic nitrogens is 1. The Bertz CT molecular complexity index is 1760. The molecule has 7 nitrogen and oxygen atoms in total. The van der Waals surface area contributed by atoms with Gasteiger partial charge in [0.2, 0.25) is 0 Å². The summed E-state index contributed by atoms with van der Waals surface area (Å²) in [6.07, 6.45) is 3.34. The summed E-state index contributed by atoms with van der Waals surface area (Å²) in [5.41, 5.74) is 4.97. The molecule has 0 aliphatic heterocycles. The van der Waals surface area contributed by atoms with Gasteiger partial charge < -0.3 is 14.0 Å². The molecule has 7 heteroatoms. The van der Waals surface area contributed by atoms with Crippen LogP contribution in [-0.4, -0.2) is 41.3 Å². The average molecular weight is 572 g/mol. The van der Waals surface area contributed by atoms with E-state index in [0.717, 1.165) is 32.9 Å². The van der Waals surface area contributed by atoms with Crippen LogP contribution in [0.4, 0.5) is 0 Å². The van der Waals surface area contributed by atoms with E-state index in [2.05, 4.69) is 17.7 Å². The van der Waals surface area contributed by atoms with Crippen LogP contribution in [0.25, 0.3) is 34.0 Å². The molecular weight excluding hydrogens is 542 g/mol. The number of fused-ring (bicyclic) bond motifs is 3. The molecule has 0 radical (unpaired) electrons. The number of ether oxygens (including phenoxy) is 2. The van der Waals surface area contributed by atoms with Crippen molar-refractivity contribution in [3.8, 4) is 0 Å². The minimum absolute atomic E-state index is 0.341. The van der Waals surface area contributed by atoms with Crippen molar-refractivity contribution in [3.63, 3.8) is 0 Å². The first-order chi connectivity index (χ1) is 20.8. The Morgan fingerprint density at radius 1 is 0.605 bits per heavy atom. The SMILES string of the molecule is C=Cc1ccc(C(=O)OCC(=O)c2ccc3c(c2)c2cc(C(=O)COC(=O)c4ccc(C=C)cc4)ccc2n3CC)cc1. The van der Waals surface area contributed by atoms with Crippen LogP contribution >= 0.6 is 0 Å². The third-order valence-electron chi connectivity index (χ3n) is 7.26. The fourth-order valence-corrected chi connectivity index (χ4v) is 4.90. The maximum atomic E-state index is 13.0. The van der Waals surface area contributed by atoms with Gasteiger partial charge in [-0.2, -0.15) is 0 Å². The molecule has 1 heterocycles. The van der Waals surface area contributed by atoms with Crippen LogP contribution in [0.1, 0.15) is 59.5 Å². The molecule has 1 aromatic heterocycles. The third kappa shape index (κ3) is 6.06. The van der Waals surface area contributed by atoms with Gasteiger partial charge in [0.25, 0.3) is 0 Å². The minimum Gasteiger partial charge on any atom is -0.454 e. The summed E-state index contributed by atoms with van der Waals surface area (Å²) in [5, 5.41) is 1.56. The van der Waals surface area contributed by atoms with Crippen LogP contribution in [0.5, 0.6) is 0 Å². The van der Waals surface area contributed by atoms with Crippen LogP contribution < -0.4 is 0 Å². The van der Waals surface area contributed by atoms with Gasteiger partial charge in [0, 0.05) is 39.5 Å². The van der Waals surface area contributed by atoms with Gasteiger partial charge in [0.1, 0.15) is 0 Å².